The molecule has 0 fully saturated rings. The Morgan fingerprint density at radius 3 is 2.77 bits per heavy atom. The van der Waals surface area contributed by atoms with Crippen molar-refractivity contribution in [2.24, 2.45) is 0 Å². The Hall–Kier alpha value is -1.85. The lowest BCUT2D eigenvalue weighted by atomic mass is 10.0. The molecule has 0 amide bonds. The SMILES string of the molecule is CC(C)c1ccc(C(=O)OCc2c(Cl)nc3sccn23)cc1. The Bertz CT molecular complexity index is 805. The van der Waals surface area contributed by atoms with Crippen LogP contribution in [0.1, 0.15) is 41.4 Å². The van der Waals surface area contributed by atoms with Crippen LogP contribution in [-0.4, -0.2) is 15.4 Å². The standard InChI is InChI=1S/C16H15ClN2O2S/c1-10(2)11-3-5-12(6-4-11)15(20)21-9-13-14(17)18-16-19(13)7-8-22-16/h3-8,10H,9H2,1-2H3. The second kappa shape index (κ2) is 6.10. The normalized spacial score (nSPS) is 11.3. The van der Waals surface area contributed by atoms with Crippen molar-refractivity contribution in [1.29, 1.82) is 0 Å². The van der Waals surface area contributed by atoms with E-state index < -0.39 is 0 Å². The summed E-state index contributed by atoms with van der Waals surface area (Å²) in [6.45, 7) is 4.32. The van der Waals surface area contributed by atoms with E-state index in [1.807, 2.05) is 28.1 Å². The van der Waals surface area contributed by atoms with Gasteiger partial charge in [-0.3, -0.25) is 4.40 Å². The Morgan fingerprint density at radius 1 is 1.36 bits per heavy atom. The highest BCUT2D eigenvalue weighted by Gasteiger charge is 2.14. The van der Waals surface area contributed by atoms with Gasteiger partial charge in [0, 0.05) is 11.6 Å². The number of rotatable bonds is 4. The van der Waals surface area contributed by atoms with E-state index in [1.54, 1.807) is 12.1 Å². The van der Waals surface area contributed by atoms with Crippen molar-refractivity contribution >= 4 is 33.9 Å². The Labute approximate surface area is 137 Å². The molecule has 0 aliphatic rings. The fourth-order valence-corrected chi connectivity index (χ4v) is 3.17. The molecule has 0 atom stereocenters. The van der Waals surface area contributed by atoms with Crippen molar-refractivity contribution in [3.05, 3.63) is 57.8 Å². The average molecular weight is 335 g/mol. The number of imidazole rings is 1. The number of ether oxygens (including phenoxy) is 1. The third kappa shape index (κ3) is 2.87. The van der Waals surface area contributed by atoms with E-state index in [1.165, 1.54) is 16.9 Å². The number of carbonyl (C=O) groups excluding carboxylic acids is 1. The van der Waals surface area contributed by atoms with Crippen molar-refractivity contribution < 1.29 is 9.53 Å². The molecule has 0 saturated heterocycles. The Kier molecular flexibility index (Phi) is 4.18. The number of benzene rings is 1. The molecule has 22 heavy (non-hydrogen) atoms. The predicted molar refractivity (Wildman–Crippen MR) is 87.7 cm³/mol. The lowest BCUT2D eigenvalue weighted by Gasteiger charge is -2.07. The van der Waals surface area contributed by atoms with Gasteiger partial charge in [0.2, 0.25) is 0 Å². The summed E-state index contributed by atoms with van der Waals surface area (Å²) < 4.78 is 7.19. The second-order valence-corrected chi connectivity index (χ2v) is 6.49. The first-order chi connectivity index (χ1) is 10.6. The number of carbonyl (C=O) groups is 1. The van der Waals surface area contributed by atoms with Crippen molar-refractivity contribution in [2.45, 2.75) is 26.4 Å². The summed E-state index contributed by atoms with van der Waals surface area (Å²) in [6, 6.07) is 7.47. The molecule has 114 valence electrons. The smallest absolute Gasteiger partial charge is 0.338 e. The maximum atomic E-state index is 12.1. The van der Waals surface area contributed by atoms with Crippen molar-refractivity contribution in [2.75, 3.05) is 0 Å². The van der Waals surface area contributed by atoms with E-state index in [2.05, 4.69) is 18.8 Å². The number of halogens is 1. The summed E-state index contributed by atoms with van der Waals surface area (Å²) in [5, 5.41) is 2.28. The third-order valence-corrected chi connectivity index (χ3v) is 4.52. The van der Waals surface area contributed by atoms with Crippen molar-refractivity contribution in [1.82, 2.24) is 9.38 Å². The summed E-state index contributed by atoms with van der Waals surface area (Å²) in [6.07, 6.45) is 1.86. The van der Waals surface area contributed by atoms with E-state index in [9.17, 15) is 4.79 Å². The lowest BCUT2D eigenvalue weighted by Crippen LogP contribution is -2.06. The Morgan fingerprint density at radius 2 is 2.09 bits per heavy atom. The molecule has 6 heteroatoms. The molecule has 0 aliphatic heterocycles. The number of hydrogen-bond acceptors (Lipinski definition) is 4. The van der Waals surface area contributed by atoms with E-state index >= 15 is 0 Å². The number of fused-ring (bicyclic) bond motifs is 1. The summed E-state index contributed by atoms with van der Waals surface area (Å²) in [7, 11) is 0. The van der Waals surface area contributed by atoms with Gasteiger partial charge in [0.05, 0.1) is 11.3 Å². The van der Waals surface area contributed by atoms with Crippen molar-refractivity contribution in [3.63, 3.8) is 0 Å². The van der Waals surface area contributed by atoms with E-state index in [-0.39, 0.29) is 12.6 Å². The van der Waals surface area contributed by atoms with Crippen LogP contribution in [0.3, 0.4) is 0 Å². The van der Waals surface area contributed by atoms with Gasteiger partial charge in [-0.05, 0) is 23.6 Å². The van der Waals surface area contributed by atoms with Gasteiger partial charge in [0.15, 0.2) is 10.1 Å². The molecule has 3 rings (SSSR count). The molecule has 4 nitrogen and oxygen atoms in total. The maximum absolute atomic E-state index is 12.1. The predicted octanol–water partition coefficient (Wildman–Crippen LogP) is 4.53. The highest BCUT2D eigenvalue weighted by Crippen LogP contribution is 2.22. The van der Waals surface area contributed by atoms with Gasteiger partial charge < -0.3 is 4.74 Å². The van der Waals surface area contributed by atoms with Crippen LogP contribution in [-0.2, 0) is 11.3 Å². The fourth-order valence-electron chi connectivity index (χ4n) is 2.16. The zero-order chi connectivity index (χ0) is 15.7. The lowest BCUT2D eigenvalue weighted by molar-refractivity contribution is 0.0467. The molecule has 0 radical (unpaired) electrons. The summed E-state index contributed by atoms with van der Waals surface area (Å²) in [4.78, 5) is 17.1. The molecular formula is C16H15ClN2O2S. The van der Waals surface area contributed by atoms with Crippen LogP contribution in [0.4, 0.5) is 0 Å². The largest absolute Gasteiger partial charge is 0.456 e. The number of hydrogen-bond donors (Lipinski definition) is 0. The molecule has 0 aliphatic carbocycles. The summed E-state index contributed by atoms with van der Waals surface area (Å²) >= 11 is 7.56. The first kappa shape index (κ1) is 15.1. The highest BCUT2D eigenvalue weighted by molar-refractivity contribution is 7.15. The van der Waals surface area contributed by atoms with Crippen LogP contribution < -0.4 is 0 Å². The first-order valence-corrected chi connectivity index (χ1v) is 8.19. The number of thiazole rings is 1. The Balaban J connectivity index is 1.72. The molecule has 0 bridgehead atoms. The van der Waals surface area contributed by atoms with Gasteiger partial charge in [-0.25, -0.2) is 9.78 Å². The number of aromatic nitrogens is 2. The molecule has 2 aromatic heterocycles. The van der Waals surface area contributed by atoms with Crippen molar-refractivity contribution in [3.8, 4) is 0 Å². The second-order valence-electron chi connectivity index (χ2n) is 5.26. The molecule has 0 saturated carbocycles. The maximum Gasteiger partial charge on any atom is 0.338 e. The van der Waals surface area contributed by atoms with Gasteiger partial charge in [-0.2, -0.15) is 0 Å². The summed E-state index contributed by atoms with van der Waals surface area (Å²) in [5.74, 6) is 0.0686. The quantitative estimate of drug-likeness (QED) is 0.658. The van der Waals surface area contributed by atoms with Crippen LogP contribution in [0.25, 0.3) is 4.96 Å². The first-order valence-electron chi connectivity index (χ1n) is 6.93. The van der Waals surface area contributed by atoms with E-state index in [4.69, 9.17) is 16.3 Å². The fraction of sp³-hybridized carbons (Fsp3) is 0.250. The van der Waals surface area contributed by atoms with E-state index in [0.29, 0.717) is 22.3 Å². The van der Waals surface area contributed by atoms with Crippen LogP contribution >= 0.6 is 22.9 Å². The zero-order valence-corrected chi connectivity index (χ0v) is 13.8. The minimum absolute atomic E-state index is 0.0987. The minimum Gasteiger partial charge on any atom is -0.456 e. The monoisotopic (exact) mass is 334 g/mol. The topological polar surface area (TPSA) is 43.6 Å². The van der Waals surface area contributed by atoms with Crippen LogP contribution in [0, 0.1) is 0 Å². The molecule has 2 heterocycles. The summed E-state index contributed by atoms with van der Waals surface area (Å²) in [5.41, 5.74) is 2.41. The molecular weight excluding hydrogens is 320 g/mol. The highest BCUT2D eigenvalue weighted by atomic mass is 35.5. The van der Waals surface area contributed by atoms with Crippen LogP contribution in [0.15, 0.2) is 35.8 Å². The molecule has 0 N–H and O–H groups in total. The third-order valence-electron chi connectivity index (χ3n) is 3.47. The average Bonchev–Trinajstić information content (AvgIpc) is 3.06. The minimum atomic E-state index is -0.364. The van der Waals surface area contributed by atoms with Gasteiger partial charge in [0.25, 0.3) is 0 Å². The van der Waals surface area contributed by atoms with Gasteiger partial charge in [-0.1, -0.05) is 37.6 Å². The van der Waals surface area contributed by atoms with Gasteiger partial charge in [0.1, 0.15) is 6.61 Å². The van der Waals surface area contributed by atoms with Crippen LogP contribution in [0.2, 0.25) is 5.15 Å². The van der Waals surface area contributed by atoms with Gasteiger partial charge in [-0.15, -0.1) is 11.3 Å². The molecule has 1 aromatic carbocycles. The molecule has 3 aromatic rings. The number of nitrogens with zero attached hydrogens (tertiary/aromatic N) is 2. The molecule has 0 spiro atoms. The van der Waals surface area contributed by atoms with Gasteiger partial charge >= 0.3 is 5.97 Å². The number of esters is 1. The zero-order valence-electron chi connectivity index (χ0n) is 12.2. The van der Waals surface area contributed by atoms with E-state index in [0.717, 1.165) is 4.96 Å². The van der Waals surface area contributed by atoms with Crippen LogP contribution in [0.5, 0.6) is 0 Å². The molecule has 0 unspecified atom stereocenters.